The molecule has 0 bridgehead atoms. The van der Waals surface area contributed by atoms with Gasteiger partial charge >= 0.3 is 0 Å². The van der Waals surface area contributed by atoms with Crippen LogP contribution in [0, 0.1) is 0 Å². The number of carbonyl (C=O) groups is 1. The molecule has 0 unspecified atom stereocenters. The van der Waals surface area contributed by atoms with Crippen molar-refractivity contribution in [3.05, 3.63) is 53.6 Å². The first-order valence-electron chi connectivity index (χ1n) is 8.53. The summed E-state index contributed by atoms with van der Waals surface area (Å²) in [7, 11) is 3.08. The average molecular weight is 355 g/mol. The van der Waals surface area contributed by atoms with E-state index < -0.39 is 0 Å². The van der Waals surface area contributed by atoms with Gasteiger partial charge in [0.05, 0.1) is 20.4 Å². The van der Waals surface area contributed by atoms with Crippen molar-refractivity contribution in [1.29, 1.82) is 0 Å². The van der Waals surface area contributed by atoms with Crippen molar-refractivity contribution in [1.82, 2.24) is 5.43 Å². The smallest absolute Gasteiger partial charge is 0.271 e. The Labute approximate surface area is 154 Å². The normalized spacial score (nSPS) is 10.6. The summed E-state index contributed by atoms with van der Waals surface area (Å²) in [6.07, 6.45) is 1.62. The van der Waals surface area contributed by atoms with Crippen molar-refractivity contribution in [3.8, 4) is 11.5 Å². The molecule has 0 heterocycles. The highest BCUT2D eigenvalue weighted by atomic mass is 16.5. The summed E-state index contributed by atoms with van der Waals surface area (Å²) in [5.41, 5.74) is 5.04. The molecule has 0 aliphatic carbocycles. The van der Waals surface area contributed by atoms with Crippen LogP contribution in [0.3, 0.4) is 0 Å². The Bertz CT molecular complexity index is 753. The molecule has 0 radical (unpaired) electrons. The minimum Gasteiger partial charge on any atom is -0.493 e. The van der Waals surface area contributed by atoms with Gasteiger partial charge in [-0.05, 0) is 49.7 Å². The van der Waals surface area contributed by atoms with Crippen LogP contribution in [0.4, 0.5) is 5.69 Å². The third-order valence-electron chi connectivity index (χ3n) is 4.05. The maximum Gasteiger partial charge on any atom is 0.271 e. The lowest BCUT2D eigenvalue weighted by Crippen LogP contribution is -2.21. The van der Waals surface area contributed by atoms with Crippen LogP contribution < -0.4 is 19.8 Å². The summed E-state index contributed by atoms with van der Waals surface area (Å²) in [6.45, 7) is 6.18. The molecule has 2 rings (SSSR count). The zero-order chi connectivity index (χ0) is 18.9. The monoisotopic (exact) mass is 355 g/mol. The SMILES string of the molecule is CCN(CC)c1ccc(C=NNC(=O)c2ccc(OC)c(OC)c2)cc1. The van der Waals surface area contributed by atoms with Gasteiger partial charge in [-0.1, -0.05) is 12.1 Å². The fraction of sp³-hybridized carbons (Fsp3) is 0.300. The van der Waals surface area contributed by atoms with Crippen molar-refractivity contribution < 1.29 is 14.3 Å². The first kappa shape index (κ1) is 19.3. The van der Waals surface area contributed by atoms with Crippen molar-refractivity contribution in [3.63, 3.8) is 0 Å². The summed E-state index contributed by atoms with van der Waals surface area (Å²) < 4.78 is 10.4. The Balaban J connectivity index is 2.00. The molecule has 0 atom stereocenters. The molecule has 26 heavy (non-hydrogen) atoms. The van der Waals surface area contributed by atoms with E-state index in [0.717, 1.165) is 18.7 Å². The summed E-state index contributed by atoms with van der Waals surface area (Å²) in [5, 5.41) is 4.02. The van der Waals surface area contributed by atoms with E-state index in [-0.39, 0.29) is 5.91 Å². The Hall–Kier alpha value is -3.02. The number of hydrogen-bond donors (Lipinski definition) is 1. The van der Waals surface area contributed by atoms with E-state index >= 15 is 0 Å². The number of hydrazone groups is 1. The van der Waals surface area contributed by atoms with Gasteiger partial charge in [0.1, 0.15) is 0 Å². The van der Waals surface area contributed by atoms with Gasteiger partial charge in [-0.15, -0.1) is 0 Å². The lowest BCUT2D eigenvalue weighted by molar-refractivity contribution is 0.0954. The zero-order valence-corrected chi connectivity index (χ0v) is 15.7. The van der Waals surface area contributed by atoms with Gasteiger partial charge in [0, 0.05) is 24.3 Å². The number of nitrogens with zero attached hydrogens (tertiary/aromatic N) is 2. The molecule has 2 aromatic rings. The zero-order valence-electron chi connectivity index (χ0n) is 15.7. The highest BCUT2D eigenvalue weighted by Crippen LogP contribution is 2.27. The molecule has 0 aliphatic rings. The number of carbonyl (C=O) groups excluding carboxylic acids is 1. The maximum absolute atomic E-state index is 12.2. The van der Waals surface area contributed by atoms with Gasteiger partial charge < -0.3 is 14.4 Å². The molecule has 0 saturated carbocycles. The van der Waals surface area contributed by atoms with Crippen LogP contribution in [0.1, 0.15) is 29.8 Å². The molecule has 138 valence electrons. The van der Waals surface area contributed by atoms with Crippen molar-refractivity contribution >= 4 is 17.8 Å². The molecule has 0 aromatic heterocycles. The molecule has 1 N–H and O–H groups in total. The van der Waals surface area contributed by atoms with Crippen LogP contribution >= 0.6 is 0 Å². The van der Waals surface area contributed by atoms with Crippen LogP contribution in [0.25, 0.3) is 0 Å². The average Bonchev–Trinajstić information content (AvgIpc) is 2.69. The van der Waals surface area contributed by atoms with E-state index in [2.05, 4.69) is 29.3 Å². The van der Waals surface area contributed by atoms with Crippen LogP contribution in [-0.2, 0) is 0 Å². The minimum atomic E-state index is -0.318. The van der Waals surface area contributed by atoms with Crippen LogP contribution in [0.15, 0.2) is 47.6 Å². The van der Waals surface area contributed by atoms with E-state index in [1.165, 1.54) is 12.8 Å². The standard InChI is InChI=1S/C20H25N3O3/c1-5-23(6-2)17-10-7-15(8-11-17)14-21-22-20(24)16-9-12-18(25-3)19(13-16)26-4/h7-14H,5-6H2,1-4H3,(H,22,24). The number of nitrogens with one attached hydrogen (secondary N) is 1. The third-order valence-corrected chi connectivity index (χ3v) is 4.05. The third kappa shape index (κ3) is 4.75. The Morgan fingerprint density at radius 3 is 2.27 bits per heavy atom. The second-order valence-electron chi connectivity index (χ2n) is 5.53. The van der Waals surface area contributed by atoms with Gasteiger partial charge in [-0.3, -0.25) is 4.79 Å². The molecule has 0 fully saturated rings. The molecule has 1 amide bonds. The van der Waals surface area contributed by atoms with Crippen molar-refractivity contribution in [2.24, 2.45) is 5.10 Å². The number of ether oxygens (including phenoxy) is 2. The summed E-state index contributed by atoms with van der Waals surface area (Å²) >= 11 is 0. The summed E-state index contributed by atoms with van der Waals surface area (Å²) in [6, 6.07) is 13.0. The van der Waals surface area contributed by atoms with Crippen LogP contribution in [0.5, 0.6) is 11.5 Å². The highest BCUT2D eigenvalue weighted by Gasteiger charge is 2.10. The van der Waals surface area contributed by atoms with Crippen molar-refractivity contribution in [2.45, 2.75) is 13.8 Å². The fourth-order valence-electron chi connectivity index (χ4n) is 2.57. The van der Waals surface area contributed by atoms with E-state index in [1.54, 1.807) is 31.5 Å². The topological polar surface area (TPSA) is 63.2 Å². The second-order valence-corrected chi connectivity index (χ2v) is 5.53. The van der Waals surface area contributed by atoms with E-state index in [9.17, 15) is 4.79 Å². The molecule has 6 nitrogen and oxygen atoms in total. The summed E-state index contributed by atoms with van der Waals surface area (Å²) in [4.78, 5) is 14.5. The van der Waals surface area contributed by atoms with E-state index in [4.69, 9.17) is 9.47 Å². The molecule has 0 spiro atoms. The van der Waals surface area contributed by atoms with Gasteiger partial charge in [0.25, 0.3) is 5.91 Å². The Morgan fingerprint density at radius 1 is 1.04 bits per heavy atom. The molecule has 6 heteroatoms. The van der Waals surface area contributed by atoms with Crippen LogP contribution in [-0.4, -0.2) is 39.4 Å². The molecular weight excluding hydrogens is 330 g/mol. The van der Waals surface area contributed by atoms with Gasteiger partial charge in [0.15, 0.2) is 11.5 Å². The maximum atomic E-state index is 12.2. The number of hydrogen-bond acceptors (Lipinski definition) is 5. The molecule has 0 aliphatic heterocycles. The van der Waals surface area contributed by atoms with Crippen LogP contribution in [0.2, 0.25) is 0 Å². The number of anilines is 1. The van der Waals surface area contributed by atoms with E-state index in [0.29, 0.717) is 17.1 Å². The number of rotatable bonds is 8. The molecule has 0 saturated heterocycles. The molecule has 2 aromatic carbocycles. The van der Waals surface area contributed by atoms with E-state index in [1.807, 2.05) is 24.3 Å². The number of benzene rings is 2. The summed E-state index contributed by atoms with van der Waals surface area (Å²) in [5.74, 6) is 0.749. The molecular formula is C20H25N3O3. The number of methoxy groups -OCH3 is 2. The van der Waals surface area contributed by atoms with Gasteiger partial charge in [0.2, 0.25) is 0 Å². The Kier molecular flexibility index (Phi) is 7.02. The van der Waals surface area contributed by atoms with Gasteiger partial charge in [-0.2, -0.15) is 5.10 Å². The quantitative estimate of drug-likeness (QED) is 0.583. The predicted octanol–water partition coefficient (Wildman–Crippen LogP) is 3.31. The van der Waals surface area contributed by atoms with Crippen molar-refractivity contribution in [2.75, 3.05) is 32.2 Å². The second kappa shape index (κ2) is 9.46. The Morgan fingerprint density at radius 2 is 1.69 bits per heavy atom. The largest absolute Gasteiger partial charge is 0.493 e. The first-order chi connectivity index (χ1) is 12.6. The fourth-order valence-corrected chi connectivity index (χ4v) is 2.57. The first-order valence-corrected chi connectivity index (χ1v) is 8.53. The minimum absolute atomic E-state index is 0.318. The van der Waals surface area contributed by atoms with Gasteiger partial charge in [-0.25, -0.2) is 5.43 Å². The lowest BCUT2D eigenvalue weighted by Gasteiger charge is -2.20. The highest BCUT2D eigenvalue weighted by molar-refractivity contribution is 5.95. The number of amides is 1. The lowest BCUT2D eigenvalue weighted by atomic mass is 10.2. The predicted molar refractivity (Wildman–Crippen MR) is 105 cm³/mol.